The van der Waals surface area contributed by atoms with Crippen molar-refractivity contribution in [2.24, 2.45) is 0 Å². The van der Waals surface area contributed by atoms with Crippen LogP contribution in [0.25, 0.3) is 0 Å². The van der Waals surface area contributed by atoms with Crippen LogP contribution in [0.5, 0.6) is 5.75 Å². The molecule has 0 fully saturated rings. The lowest BCUT2D eigenvalue weighted by atomic mass is 10.3. The maximum absolute atomic E-state index is 12.1. The predicted molar refractivity (Wildman–Crippen MR) is 89.6 cm³/mol. The van der Waals surface area contributed by atoms with E-state index in [0.717, 1.165) is 5.69 Å². The third kappa shape index (κ3) is 3.52. The van der Waals surface area contributed by atoms with Crippen LogP contribution in [0.2, 0.25) is 0 Å². The summed E-state index contributed by atoms with van der Waals surface area (Å²) >= 11 is 1.26. The monoisotopic (exact) mass is 342 g/mol. The second-order valence-corrected chi connectivity index (χ2v) is 5.68. The van der Waals surface area contributed by atoms with Crippen molar-refractivity contribution in [2.75, 3.05) is 5.32 Å². The Balaban J connectivity index is 1.64. The molecule has 6 nitrogen and oxygen atoms in total. The predicted octanol–water partition coefficient (Wildman–Crippen LogP) is 3.77. The van der Waals surface area contributed by atoms with Crippen molar-refractivity contribution in [3.63, 3.8) is 0 Å². The molecule has 122 valence electrons. The zero-order valence-corrected chi connectivity index (χ0v) is 13.6. The Morgan fingerprint density at radius 3 is 2.71 bits per heavy atom. The van der Waals surface area contributed by atoms with Gasteiger partial charge in [0.1, 0.15) is 10.6 Å². The highest BCUT2D eigenvalue weighted by Crippen LogP contribution is 2.20. The van der Waals surface area contributed by atoms with E-state index in [4.69, 9.17) is 9.15 Å². The van der Waals surface area contributed by atoms with Gasteiger partial charge in [-0.2, -0.15) is 0 Å². The van der Waals surface area contributed by atoms with E-state index in [1.165, 1.54) is 17.6 Å². The van der Waals surface area contributed by atoms with Crippen LogP contribution in [0.3, 0.4) is 0 Å². The Morgan fingerprint density at radius 2 is 2.04 bits per heavy atom. The molecule has 0 radical (unpaired) electrons. The van der Waals surface area contributed by atoms with Gasteiger partial charge in [-0.05, 0) is 42.8 Å². The fourth-order valence-corrected chi connectivity index (χ4v) is 2.80. The number of hydrogen-bond donors (Lipinski definition) is 1. The Hall–Kier alpha value is -2.93. The van der Waals surface area contributed by atoms with Crippen molar-refractivity contribution >= 4 is 28.9 Å². The van der Waals surface area contributed by atoms with Gasteiger partial charge in [0.05, 0.1) is 17.5 Å². The number of amides is 1. The molecule has 24 heavy (non-hydrogen) atoms. The fraction of sp³-hybridized carbons (Fsp3) is 0.118. The maximum atomic E-state index is 12.1. The van der Waals surface area contributed by atoms with Crippen LogP contribution in [-0.2, 0) is 6.42 Å². The number of furan rings is 1. The lowest BCUT2D eigenvalue weighted by Gasteiger charge is -2.06. The van der Waals surface area contributed by atoms with E-state index in [9.17, 15) is 9.59 Å². The molecule has 0 spiro atoms. The van der Waals surface area contributed by atoms with E-state index >= 15 is 0 Å². The molecule has 2 heterocycles. The molecule has 1 N–H and O–H groups in total. The smallest absolute Gasteiger partial charge is 0.355 e. The van der Waals surface area contributed by atoms with Gasteiger partial charge in [0.15, 0.2) is 5.76 Å². The van der Waals surface area contributed by atoms with Gasteiger partial charge in [-0.15, -0.1) is 11.3 Å². The van der Waals surface area contributed by atoms with Crippen LogP contribution in [0.1, 0.15) is 32.8 Å². The topological polar surface area (TPSA) is 81.4 Å². The number of aryl methyl sites for hydroxylation is 1. The summed E-state index contributed by atoms with van der Waals surface area (Å²) in [4.78, 5) is 28.6. The third-order valence-corrected chi connectivity index (χ3v) is 4.08. The average molecular weight is 342 g/mol. The summed E-state index contributed by atoms with van der Waals surface area (Å²) in [6.45, 7) is 1.93. The van der Waals surface area contributed by atoms with Crippen molar-refractivity contribution in [3.8, 4) is 5.75 Å². The molecule has 3 aromatic rings. The molecule has 0 unspecified atom stereocenters. The molecular weight excluding hydrogens is 328 g/mol. The molecule has 0 bridgehead atoms. The number of ether oxygens (including phenoxy) is 1. The summed E-state index contributed by atoms with van der Waals surface area (Å²) in [6, 6.07) is 9.74. The number of anilines is 1. The van der Waals surface area contributed by atoms with Crippen LogP contribution >= 0.6 is 11.3 Å². The Kier molecular flexibility index (Phi) is 4.72. The molecule has 0 atom stereocenters. The van der Waals surface area contributed by atoms with Crippen LogP contribution in [0, 0.1) is 0 Å². The average Bonchev–Trinajstić information content (AvgIpc) is 3.28. The van der Waals surface area contributed by atoms with E-state index in [1.807, 2.05) is 6.92 Å². The summed E-state index contributed by atoms with van der Waals surface area (Å²) in [6.07, 6.45) is 2.10. The van der Waals surface area contributed by atoms with Gasteiger partial charge in [-0.25, -0.2) is 9.78 Å². The molecule has 0 aliphatic carbocycles. The molecule has 0 saturated carbocycles. The van der Waals surface area contributed by atoms with Crippen LogP contribution in [0.4, 0.5) is 5.69 Å². The van der Waals surface area contributed by atoms with Crippen molar-refractivity contribution in [1.29, 1.82) is 0 Å². The SMILES string of the molecule is CCc1ncsc1C(=O)Oc1ccc(NC(=O)c2ccco2)cc1. The first-order valence-electron chi connectivity index (χ1n) is 7.27. The summed E-state index contributed by atoms with van der Waals surface area (Å²) in [5, 5.41) is 2.69. The minimum Gasteiger partial charge on any atom is -0.459 e. The van der Waals surface area contributed by atoms with Gasteiger partial charge in [-0.1, -0.05) is 6.92 Å². The lowest BCUT2D eigenvalue weighted by Crippen LogP contribution is -2.11. The number of carbonyl (C=O) groups is 2. The number of hydrogen-bond acceptors (Lipinski definition) is 6. The van der Waals surface area contributed by atoms with E-state index < -0.39 is 5.97 Å². The van der Waals surface area contributed by atoms with Gasteiger partial charge >= 0.3 is 5.97 Å². The number of esters is 1. The van der Waals surface area contributed by atoms with E-state index in [0.29, 0.717) is 22.7 Å². The highest BCUT2D eigenvalue weighted by atomic mass is 32.1. The van der Waals surface area contributed by atoms with E-state index in [2.05, 4.69) is 10.3 Å². The number of nitrogens with zero attached hydrogens (tertiary/aromatic N) is 1. The number of nitrogens with one attached hydrogen (secondary N) is 1. The van der Waals surface area contributed by atoms with Crippen LogP contribution in [0.15, 0.2) is 52.6 Å². The number of carbonyl (C=O) groups excluding carboxylic acids is 2. The zero-order chi connectivity index (χ0) is 16.9. The van der Waals surface area contributed by atoms with Crippen LogP contribution in [-0.4, -0.2) is 16.9 Å². The van der Waals surface area contributed by atoms with E-state index in [1.54, 1.807) is 41.9 Å². The number of rotatable bonds is 5. The minimum absolute atomic E-state index is 0.225. The van der Waals surface area contributed by atoms with Gasteiger partial charge in [-0.3, -0.25) is 4.79 Å². The number of aromatic nitrogens is 1. The van der Waals surface area contributed by atoms with Gasteiger partial charge in [0.25, 0.3) is 5.91 Å². The summed E-state index contributed by atoms with van der Waals surface area (Å²) in [5.74, 6) is -0.155. The zero-order valence-electron chi connectivity index (χ0n) is 12.8. The van der Waals surface area contributed by atoms with Crippen molar-refractivity contribution in [1.82, 2.24) is 4.98 Å². The standard InChI is InChI=1S/C17H14N2O4S/c1-2-13-15(24-10-18-13)17(21)23-12-7-5-11(6-8-12)19-16(20)14-4-3-9-22-14/h3-10H,2H2,1H3,(H,19,20). The fourth-order valence-electron chi connectivity index (χ4n) is 2.05. The van der Waals surface area contributed by atoms with Crippen molar-refractivity contribution in [3.05, 3.63) is 64.5 Å². The normalized spacial score (nSPS) is 10.4. The molecule has 0 aliphatic heterocycles. The number of benzene rings is 1. The van der Waals surface area contributed by atoms with Gasteiger partial charge in [0, 0.05) is 5.69 Å². The highest BCUT2D eigenvalue weighted by molar-refractivity contribution is 7.11. The first kappa shape index (κ1) is 15.9. The lowest BCUT2D eigenvalue weighted by molar-refractivity contribution is 0.0738. The molecule has 1 amide bonds. The molecule has 0 saturated heterocycles. The summed E-state index contributed by atoms with van der Waals surface area (Å²) in [7, 11) is 0. The molecule has 2 aromatic heterocycles. The molecular formula is C17H14N2O4S. The van der Waals surface area contributed by atoms with Gasteiger partial charge < -0.3 is 14.5 Å². The maximum Gasteiger partial charge on any atom is 0.355 e. The summed E-state index contributed by atoms with van der Waals surface area (Å²) in [5.41, 5.74) is 2.93. The molecule has 1 aromatic carbocycles. The Morgan fingerprint density at radius 1 is 1.25 bits per heavy atom. The second-order valence-electron chi connectivity index (χ2n) is 4.83. The first-order chi connectivity index (χ1) is 11.7. The Bertz CT molecular complexity index is 838. The van der Waals surface area contributed by atoms with Crippen molar-refractivity contribution in [2.45, 2.75) is 13.3 Å². The largest absolute Gasteiger partial charge is 0.459 e. The number of thiazole rings is 1. The van der Waals surface area contributed by atoms with Gasteiger partial charge in [0.2, 0.25) is 0 Å². The van der Waals surface area contributed by atoms with Crippen LogP contribution < -0.4 is 10.1 Å². The molecule has 0 aliphatic rings. The molecule has 3 rings (SSSR count). The second kappa shape index (κ2) is 7.10. The third-order valence-electron chi connectivity index (χ3n) is 3.23. The highest BCUT2D eigenvalue weighted by Gasteiger charge is 2.16. The minimum atomic E-state index is -0.429. The summed E-state index contributed by atoms with van der Waals surface area (Å²) < 4.78 is 10.4. The van der Waals surface area contributed by atoms with E-state index in [-0.39, 0.29) is 11.7 Å². The first-order valence-corrected chi connectivity index (χ1v) is 8.14. The molecule has 7 heteroatoms. The quantitative estimate of drug-likeness (QED) is 0.564. The van der Waals surface area contributed by atoms with Crippen molar-refractivity contribution < 1.29 is 18.7 Å². The Labute approximate surface area is 142 Å².